The minimum absolute atomic E-state index is 0.311. The number of allylic oxidation sites excluding steroid dienone is 4. The second kappa shape index (κ2) is 17.7. The van der Waals surface area contributed by atoms with E-state index in [1.165, 1.54) is 6.08 Å². The molecule has 0 heterocycles. The van der Waals surface area contributed by atoms with Crippen LogP contribution in [0.15, 0.2) is 48.1 Å². The number of hydrogen-bond acceptors (Lipinski definition) is 4. The molecule has 0 amide bonds. The molecule has 0 aromatic rings. The Morgan fingerprint density at radius 1 is 0.692 bits per heavy atom. The first-order valence-electron chi connectivity index (χ1n) is 9.65. The number of carbonyl (C=O) groups excluding carboxylic acids is 2. The molecule has 0 aliphatic rings. The Balaban J connectivity index is 4.61. The molecule has 0 rings (SSSR count). The Labute approximate surface area is 158 Å². The molecule has 0 aliphatic carbocycles. The van der Waals surface area contributed by atoms with E-state index in [2.05, 4.69) is 13.8 Å². The summed E-state index contributed by atoms with van der Waals surface area (Å²) in [5, 5.41) is 0. The van der Waals surface area contributed by atoms with Gasteiger partial charge in [-0.25, -0.2) is 9.59 Å². The molecule has 0 N–H and O–H groups in total. The van der Waals surface area contributed by atoms with Crippen LogP contribution >= 0.6 is 0 Å². The molecular formula is C22H34O4. The van der Waals surface area contributed by atoms with Gasteiger partial charge in [0.05, 0.1) is 13.2 Å². The van der Waals surface area contributed by atoms with Crippen molar-refractivity contribution in [1.82, 2.24) is 0 Å². The summed E-state index contributed by atoms with van der Waals surface area (Å²) in [7, 11) is 0. The van der Waals surface area contributed by atoms with Crippen molar-refractivity contribution >= 4 is 11.9 Å². The Hall–Kier alpha value is -2.10. The summed E-state index contributed by atoms with van der Waals surface area (Å²) in [5.74, 6) is -0.935. The van der Waals surface area contributed by atoms with Crippen molar-refractivity contribution in [3.63, 3.8) is 0 Å². The van der Waals surface area contributed by atoms with E-state index < -0.39 is 11.9 Å². The second-order valence-electron chi connectivity index (χ2n) is 5.73. The van der Waals surface area contributed by atoms with E-state index in [0.717, 1.165) is 19.3 Å². The zero-order chi connectivity index (χ0) is 19.5. The Morgan fingerprint density at radius 2 is 1.19 bits per heavy atom. The fourth-order valence-corrected chi connectivity index (χ4v) is 2.05. The molecule has 0 aliphatic heterocycles. The van der Waals surface area contributed by atoms with E-state index in [1.807, 2.05) is 43.4 Å². The van der Waals surface area contributed by atoms with Gasteiger partial charge in [-0.2, -0.15) is 0 Å². The molecule has 0 spiro atoms. The van der Waals surface area contributed by atoms with Gasteiger partial charge < -0.3 is 9.47 Å². The van der Waals surface area contributed by atoms with Crippen LogP contribution in [-0.4, -0.2) is 25.2 Å². The number of ether oxygens (including phenoxy) is 2. The van der Waals surface area contributed by atoms with Crippen LogP contribution in [0.1, 0.15) is 65.7 Å². The molecular weight excluding hydrogens is 328 g/mol. The second-order valence-corrected chi connectivity index (χ2v) is 5.73. The van der Waals surface area contributed by atoms with Crippen molar-refractivity contribution in [1.29, 1.82) is 0 Å². The lowest BCUT2D eigenvalue weighted by Gasteiger charge is -2.07. The fraction of sp³-hybridized carbons (Fsp3) is 0.545. The molecule has 26 heavy (non-hydrogen) atoms. The van der Waals surface area contributed by atoms with Crippen molar-refractivity contribution in [2.24, 2.45) is 0 Å². The average molecular weight is 363 g/mol. The smallest absolute Gasteiger partial charge is 0.334 e. The highest BCUT2D eigenvalue weighted by Gasteiger charge is 2.13. The van der Waals surface area contributed by atoms with Crippen LogP contribution in [0.25, 0.3) is 0 Å². The van der Waals surface area contributed by atoms with Gasteiger partial charge in [0.1, 0.15) is 0 Å². The maximum absolute atomic E-state index is 12.2. The summed E-state index contributed by atoms with van der Waals surface area (Å²) < 4.78 is 10.4. The quantitative estimate of drug-likeness (QED) is 0.178. The predicted molar refractivity (Wildman–Crippen MR) is 107 cm³/mol. The molecule has 0 atom stereocenters. The van der Waals surface area contributed by atoms with E-state index in [4.69, 9.17) is 9.47 Å². The van der Waals surface area contributed by atoms with Crippen LogP contribution in [0.5, 0.6) is 0 Å². The molecule has 0 fully saturated rings. The summed E-state index contributed by atoms with van der Waals surface area (Å²) in [6, 6.07) is 0. The van der Waals surface area contributed by atoms with E-state index in [-0.39, 0.29) is 0 Å². The zero-order valence-electron chi connectivity index (χ0n) is 16.5. The summed E-state index contributed by atoms with van der Waals surface area (Å²) in [5.41, 5.74) is 0.360. The molecule has 4 heteroatoms. The zero-order valence-corrected chi connectivity index (χ0v) is 16.5. The third-order valence-corrected chi connectivity index (χ3v) is 3.39. The van der Waals surface area contributed by atoms with Gasteiger partial charge in [-0.3, -0.25) is 0 Å². The highest BCUT2D eigenvalue weighted by molar-refractivity contribution is 5.96. The maximum atomic E-state index is 12.2. The first-order chi connectivity index (χ1) is 12.7. The Kier molecular flexibility index (Phi) is 16.3. The molecule has 146 valence electrons. The number of rotatable bonds is 14. The molecule has 4 nitrogen and oxygen atoms in total. The normalized spacial score (nSPS) is 12.3. The lowest BCUT2D eigenvalue weighted by atomic mass is 10.1. The van der Waals surface area contributed by atoms with Crippen LogP contribution in [-0.2, 0) is 19.1 Å². The average Bonchev–Trinajstić information content (AvgIpc) is 2.63. The van der Waals surface area contributed by atoms with Crippen LogP contribution in [0.2, 0.25) is 0 Å². The maximum Gasteiger partial charge on any atom is 0.334 e. The SMILES string of the molecule is CC/C=C\CCOC(=O)/C=C(/CC/C=C\CC)C(=O)OCC/C=C\CC. The third-order valence-electron chi connectivity index (χ3n) is 3.39. The van der Waals surface area contributed by atoms with Gasteiger partial charge in [0, 0.05) is 11.6 Å². The van der Waals surface area contributed by atoms with Gasteiger partial charge in [0.15, 0.2) is 0 Å². The summed E-state index contributed by atoms with van der Waals surface area (Å²) >= 11 is 0. The van der Waals surface area contributed by atoms with E-state index in [9.17, 15) is 9.59 Å². The molecule has 0 saturated heterocycles. The van der Waals surface area contributed by atoms with Crippen molar-refractivity contribution in [2.75, 3.05) is 13.2 Å². The summed E-state index contributed by atoms with van der Waals surface area (Å²) in [4.78, 5) is 24.2. The van der Waals surface area contributed by atoms with Gasteiger partial charge in [-0.1, -0.05) is 57.2 Å². The number of esters is 2. The highest BCUT2D eigenvalue weighted by Crippen LogP contribution is 2.10. The highest BCUT2D eigenvalue weighted by atomic mass is 16.5. The van der Waals surface area contributed by atoms with E-state index in [1.54, 1.807) is 0 Å². The van der Waals surface area contributed by atoms with Gasteiger partial charge in [0.25, 0.3) is 0 Å². The van der Waals surface area contributed by atoms with Gasteiger partial charge in [0.2, 0.25) is 0 Å². The van der Waals surface area contributed by atoms with Crippen molar-refractivity contribution in [3.8, 4) is 0 Å². The monoisotopic (exact) mass is 362 g/mol. The number of carbonyl (C=O) groups is 2. The summed E-state index contributed by atoms with van der Waals surface area (Å²) in [6.07, 6.45) is 18.7. The number of hydrogen-bond donors (Lipinski definition) is 0. The van der Waals surface area contributed by atoms with Crippen molar-refractivity contribution < 1.29 is 19.1 Å². The lowest BCUT2D eigenvalue weighted by Crippen LogP contribution is -2.12. The predicted octanol–water partition coefficient (Wildman–Crippen LogP) is 5.46. The van der Waals surface area contributed by atoms with Gasteiger partial charge in [-0.15, -0.1) is 0 Å². The standard InChI is InChI=1S/C22H34O4/c1-4-7-10-13-16-20(22(24)26-18-15-12-9-6-3)19-21(23)25-17-14-11-8-5-2/h7-12,19H,4-6,13-18H2,1-3H3/b10-7-,11-8-,12-9-,20-19-. The fourth-order valence-electron chi connectivity index (χ4n) is 2.05. The molecule has 0 aromatic heterocycles. The molecule has 0 aromatic carbocycles. The van der Waals surface area contributed by atoms with Crippen LogP contribution < -0.4 is 0 Å². The van der Waals surface area contributed by atoms with Gasteiger partial charge in [-0.05, 0) is 44.9 Å². The first-order valence-corrected chi connectivity index (χ1v) is 9.65. The topological polar surface area (TPSA) is 52.6 Å². The Morgan fingerprint density at radius 3 is 1.73 bits per heavy atom. The van der Waals surface area contributed by atoms with E-state index >= 15 is 0 Å². The first kappa shape index (κ1) is 23.9. The minimum atomic E-state index is -0.493. The Bertz CT molecular complexity index is 498. The van der Waals surface area contributed by atoms with Crippen LogP contribution in [0, 0.1) is 0 Å². The van der Waals surface area contributed by atoms with Crippen molar-refractivity contribution in [3.05, 3.63) is 48.1 Å². The lowest BCUT2D eigenvalue weighted by molar-refractivity contribution is -0.141. The van der Waals surface area contributed by atoms with Gasteiger partial charge >= 0.3 is 11.9 Å². The van der Waals surface area contributed by atoms with Crippen LogP contribution in [0.3, 0.4) is 0 Å². The molecule has 0 saturated carbocycles. The van der Waals surface area contributed by atoms with Crippen LogP contribution in [0.4, 0.5) is 0 Å². The largest absolute Gasteiger partial charge is 0.462 e. The third kappa shape index (κ3) is 14.3. The van der Waals surface area contributed by atoms with E-state index in [0.29, 0.717) is 44.5 Å². The van der Waals surface area contributed by atoms with Crippen molar-refractivity contribution in [2.45, 2.75) is 65.7 Å². The molecule has 0 bridgehead atoms. The molecule has 0 unspecified atom stereocenters. The summed E-state index contributed by atoms with van der Waals surface area (Å²) in [6.45, 7) is 6.78. The molecule has 0 radical (unpaired) electrons. The minimum Gasteiger partial charge on any atom is -0.462 e.